The Morgan fingerprint density at radius 1 is 0.692 bits per heavy atom. The molecular formula is C13H18. The fraction of sp³-hybridized carbons (Fsp3) is 0.231. The van der Waals surface area contributed by atoms with Gasteiger partial charge in [-0.1, -0.05) is 55.2 Å². The molecule has 0 saturated carbocycles. The average molecular weight is 174 g/mol. The van der Waals surface area contributed by atoms with E-state index in [0.29, 0.717) is 0 Å². The number of hydrogen-bond donors (Lipinski definition) is 0. The average Bonchev–Trinajstić information content (AvgIpc) is 2.16. The van der Waals surface area contributed by atoms with E-state index in [0.717, 1.165) is 19.3 Å². The highest BCUT2D eigenvalue weighted by Gasteiger charge is 1.71. The fourth-order valence-electron chi connectivity index (χ4n) is 0.813. The molecule has 0 saturated heterocycles. The molecule has 0 amide bonds. The lowest BCUT2D eigenvalue weighted by Gasteiger charge is -1.82. The van der Waals surface area contributed by atoms with Crippen molar-refractivity contribution in [3.8, 4) is 0 Å². The molecule has 70 valence electrons. The molecule has 0 spiro atoms. The summed E-state index contributed by atoms with van der Waals surface area (Å²) in [6.07, 6.45) is 19.3. The lowest BCUT2D eigenvalue weighted by atomic mass is 10.2. The molecule has 0 heteroatoms. The summed E-state index contributed by atoms with van der Waals surface area (Å²) in [6.45, 7) is 7.24. The standard InChI is InChI=1S/C13H18/c1-3-5-7-9-11-13-12-10-8-6-4-2/h3-5,7-8,10-11,13H,1-2,6,9,12H2. The monoisotopic (exact) mass is 174 g/mol. The molecule has 0 aromatic rings. The Morgan fingerprint density at radius 3 is 1.77 bits per heavy atom. The van der Waals surface area contributed by atoms with Gasteiger partial charge in [0.05, 0.1) is 0 Å². The van der Waals surface area contributed by atoms with Crippen molar-refractivity contribution in [1.29, 1.82) is 0 Å². The Bertz CT molecular complexity index is 204. The second-order valence-corrected chi connectivity index (χ2v) is 2.60. The molecule has 0 N–H and O–H groups in total. The van der Waals surface area contributed by atoms with Gasteiger partial charge in [-0.05, 0) is 19.3 Å². The van der Waals surface area contributed by atoms with Gasteiger partial charge in [0.1, 0.15) is 0 Å². The molecule has 0 heterocycles. The second kappa shape index (κ2) is 10.7. The molecule has 0 aromatic heterocycles. The molecule has 0 nitrogen and oxygen atoms in total. The Hall–Kier alpha value is -1.30. The van der Waals surface area contributed by atoms with E-state index in [-0.39, 0.29) is 0 Å². The van der Waals surface area contributed by atoms with Gasteiger partial charge in [-0.2, -0.15) is 0 Å². The van der Waals surface area contributed by atoms with Gasteiger partial charge < -0.3 is 0 Å². The maximum absolute atomic E-state index is 3.64. The Balaban J connectivity index is 3.35. The van der Waals surface area contributed by atoms with Crippen LogP contribution in [0.4, 0.5) is 0 Å². The van der Waals surface area contributed by atoms with Gasteiger partial charge in [0.25, 0.3) is 0 Å². The van der Waals surface area contributed by atoms with E-state index in [1.54, 1.807) is 6.08 Å². The van der Waals surface area contributed by atoms with Crippen molar-refractivity contribution < 1.29 is 0 Å². The van der Waals surface area contributed by atoms with E-state index in [4.69, 9.17) is 0 Å². The predicted molar refractivity (Wildman–Crippen MR) is 61.7 cm³/mol. The number of allylic oxidation sites excluding steroid dienone is 8. The summed E-state index contributed by atoms with van der Waals surface area (Å²) < 4.78 is 0. The van der Waals surface area contributed by atoms with Crippen molar-refractivity contribution in [2.45, 2.75) is 19.3 Å². The molecule has 0 bridgehead atoms. The maximum Gasteiger partial charge on any atom is -0.0166 e. The van der Waals surface area contributed by atoms with E-state index >= 15 is 0 Å². The van der Waals surface area contributed by atoms with Crippen molar-refractivity contribution in [1.82, 2.24) is 0 Å². The zero-order valence-corrected chi connectivity index (χ0v) is 8.15. The zero-order valence-electron chi connectivity index (χ0n) is 8.15. The van der Waals surface area contributed by atoms with Crippen molar-refractivity contribution >= 4 is 0 Å². The quantitative estimate of drug-likeness (QED) is 0.401. The third kappa shape index (κ3) is 10.7. The smallest absolute Gasteiger partial charge is 0.0166 e. The molecule has 0 radical (unpaired) electrons. The molecule has 0 aliphatic carbocycles. The lowest BCUT2D eigenvalue weighted by molar-refractivity contribution is 1.28. The lowest BCUT2D eigenvalue weighted by Crippen LogP contribution is -1.61. The largest absolute Gasteiger partial charge is 0.103 e. The van der Waals surface area contributed by atoms with Crippen LogP contribution >= 0.6 is 0 Å². The predicted octanol–water partition coefficient (Wildman–Crippen LogP) is 4.20. The van der Waals surface area contributed by atoms with E-state index in [1.165, 1.54) is 0 Å². The van der Waals surface area contributed by atoms with Gasteiger partial charge >= 0.3 is 0 Å². The van der Waals surface area contributed by atoms with Crippen LogP contribution in [-0.4, -0.2) is 0 Å². The van der Waals surface area contributed by atoms with Crippen molar-refractivity contribution in [2.24, 2.45) is 0 Å². The van der Waals surface area contributed by atoms with Crippen LogP contribution in [0.15, 0.2) is 61.8 Å². The maximum atomic E-state index is 3.64. The Kier molecular flexibility index (Phi) is 9.63. The van der Waals surface area contributed by atoms with Crippen LogP contribution < -0.4 is 0 Å². The van der Waals surface area contributed by atoms with Gasteiger partial charge in [0.2, 0.25) is 0 Å². The SMILES string of the molecule is C=CC=CCC=CCC=CCC=C. The van der Waals surface area contributed by atoms with Crippen LogP contribution in [-0.2, 0) is 0 Å². The first-order chi connectivity index (χ1) is 6.41. The molecule has 0 aliphatic rings. The van der Waals surface area contributed by atoms with Gasteiger partial charge in [0, 0.05) is 0 Å². The highest BCUT2D eigenvalue weighted by Crippen LogP contribution is 1.92. The molecule has 0 fully saturated rings. The zero-order chi connectivity index (χ0) is 9.78. The second-order valence-electron chi connectivity index (χ2n) is 2.60. The van der Waals surface area contributed by atoms with E-state index in [1.807, 2.05) is 12.2 Å². The number of rotatable bonds is 7. The van der Waals surface area contributed by atoms with Gasteiger partial charge in [-0.15, -0.1) is 6.58 Å². The Morgan fingerprint density at radius 2 is 1.23 bits per heavy atom. The minimum Gasteiger partial charge on any atom is -0.103 e. The summed E-state index contributed by atoms with van der Waals surface area (Å²) in [4.78, 5) is 0. The minimum atomic E-state index is 0.963. The normalized spacial score (nSPS) is 11.7. The molecule has 0 rings (SSSR count). The molecule has 0 aromatic carbocycles. The van der Waals surface area contributed by atoms with Crippen molar-refractivity contribution in [3.63, 3.8) is 0 Å². The first kappa shape index (κ1) is 11.7. The Labute approximate surface area is 81.7 Å². The van der Waals surface area contributed by atoms with Crippen molar-refractivity contribution in [2.75, 3.05) is 0 Å². The molecule has 0 unspecified atom stereocenters. The molecule has 13 heavy (non-hydrogen) atoms. The molecule has 0 atom stereocenters. The number of hydrogen-bond acceptors (Lipinski definition) is 0. The van der Waals surface area contributed by atoms with E-state index in [2.05, 4.69) is 43.5 Å². The summed E-state index contributed by atoms with van der Waals surface area (Å²) in [5.41, 5.74) is 0. The first-order valence-corrected chi connectivity index (χ1v) is 4.60. The highest BCUT2D eigenvalue weighted by atomic mass is 13.8. The third-order valence-corrected chi connectivity index (χ3v) is 1.45. The van der Waals surface area contributed by atoms with Crippen LogP contribution in [0.2, 0.25) is 0 Å². The van der Waals surface area contributed by atoms with Crippen LogP contribution in [0.5, 0.6) is 0 Å². The summed E-state index contributed by atoms with van der Waals surface area (Å²) in [7, 11) is 0. The van der Waals surface area contributed by atoms with Crippen LogP contribution in [0.25, 0.3) is 0 Å². The van der Waals surface area contributed by atoms with Gasteiger partial charge in [-0.25, -0.2) is 0 Å². The van der Waals surface area contributed by atoms with Gasteiger partial charge in [0.15, 0.2) is 0 Å². The van der Waals surface area contributed by atoms with Crippen LogP contribution in [0.3, 0.4) is 0 Å². The van der Waals surface area contributed by atoms with Crippen LogP contribution in [0.1, 0.15) is 19.3 Å². The summed E-state index contributed by atoms with van der Waals surface area (Å²) in [5.74, 6) is 0. The molecular weight excluding hydrogens is 156 g/mol. The first-order valence-electron chi connectivity index (χ1n) is 4.60. The molecule has 0 aliphatic heterocycles. The summed E-state index contributed by atoms with van der Waals surface area (Å²) in [6, 6.07) is 0. The highest BCUT2D eigenvalue weighted by molar-refractivity contribution is 5.02. The topological polar surface area (TPSA) is 0 Å². The van der Waals surface area contributed by atoms with Crippen LogP contribution in [0, 0.1) is 0 Å². The summed E-state index contributed by atoms with van der Waals surface area (Å²) in [5, 5.41) is 0. The summed E-state index contributed by atoms with van der Waals surface area (Å²) >= 11 is 0. The third-order valence-electron chi connectivity index (χ3n) is 1.45. The van der Waals surface area contributed by atoms with E-state index in [9.17, 15) is 0 Å². The van der Waals surface area contributed by atoms with E-state index < -0.39 is 0 Å². The fourth-order valence-corrected chi connectivity index (χ4v) is 0.813. The van der Waals surface area contributed by atoms with Gasteiger partial charge in [-0.3, -0.25) is 0 Å². The minimum absolute atomic E-state index is 0.963. The van der Waals surface area contributed by atoms with Crippen molar-refractivity contribution in [3.05, 3.63) is 61.8 Å².